The number of nitrogens with zero attached hydrogens (tertiary/aromatic N) is 3. The normalized spacial score (nSPS) is 11.0. The van der Waals surface area contributed by atoms with Crippen molar-refractivity contribution in [2.24, 2.45) is 0 Å². The minimum absolute atomic E-state index is 0.0533. The number of hydrogen-bond acceptors (Lipinski definition) is 5. The summed E-state index contributed by atoms with van der Waals surface area (Å²) < 4.78 is 5.43. The van der Waals surface area contributed by atoms with Gasteiger partial charge in [0.15, 0.2) is 0 Å². The van der Waals surface area contributed by atoms with Crippen LogP contribution in [0.2, 0.25) is 0 Å². The van der Waals surface area contributed by atoms with E-state index in [1.807, 2.05) is 18.2 Å². The highest BCUT2D eigenvalue weighted by molar-refractivity contribution is 5.89. The topological polar surface area (TPSA) is 92.6 Å². The summed E-state index contributed by atoms with van der Waals surface area (Å²) in [6, 6.07) is 8.46. The molecule has 0 unspecified atom stereocenters. The third-order valence-electron chi connectivity index (χ3n) is 3.20. The van der Waals surface area contributed by atoms with Crippen molar-refractivity contribution in [1.82, 2.24) is 9.97 Å². The van der Waals surface area contributed by atoms with Crippen LogP contribution in [0, 0.1) is 0 Å². The fourth-order valence-electron chi connectivity index (χ4n) is 2.06. The smallest absolute Gasteiger partial charge is 0.416 e. The Bertz CT molecular complexity index is 724. The van der Waals surface area contributed by atoms with Crippen LogP contribution in [0.3, 0.4) is 0 Å². The molecule has 0 radical (unpaired) electrons. The molecule has 0 aliphatic heterocycles. The molecule has 0 aliphatic carbocycles. The van der Waals surface area contributed by atoms with E-state index < -0.39 is 17.7 Å². The number of pyridine rings is 2. The van der Waals surface area contributed by atoms with Gasteiger partial charge >= 0.3 is 12.1 Å². The number of rotatable bonds is 5. The van der Waals surface area contributed by atoms with Gasteiger partial charge in [0.2, 0.25) is 0 Å². The maximum Gasteiger partial charge on any atom is 0.416 e. The SMILES string of the molecule is CC(C)(C)OC(=O)N(CCc1ccccn1)c1ccc(C(=O)O)cn1. The van der Waals surface area contributed by atoms with Gasteiger partial charge < -0.3 is 9.84 Å². The Morgan fingerprint density at radius 3 is 2.44 bits per heavy atom. The number of carboxylic acids is 1. The van der Waals surface area contributed by atoms with Gasteiger partial charge in [-0.3, -0.25) is 9.88 Å². The van der Waals surface area contributed by atoms with E-state index in [1.54, 1.807) is 27.0 Å². The zero-order valence-corrected chi connectivity index (χ0v) is 14.5. The van der Waals surface area contributed by atoms with E-state index in [0.29, 0.717) is 18.8 Å². The molecule has 25 heavy (non-hydrogen) atoms. The van der Waals surface area contributed by atoms with Gasteiger partial charge in [0, 0.05) is 31.1 Å². The molecule has 0 aliphatic rings. The second-order valence-electron chi connectivity index (χ2n) is 6.41. The van der Waals surface area contributed by atoms with Crippen molar-refractivity contribution in [3.05, 3.63) is 54.0 Å². The Kier molecular flexibility index (Phi) is 5.69. The number of carbonyl (C=O) groups is 2. The van der Waals surface area contributed by atoms with Crippen molar-refractivity contribution < 1.29 is 19.4 Å². The second kappa shape index (κ2) is 7.74. The molecule has 2 heterocycles. The van der Waals surface area contributed by atoms with Crippen LogP contribution < -0.4 is 4.90 Å². The number of carboxylic acid groups (broad SMARTS) is 1. The summed E-state index contributed by atoms with van der Waals surface area (Å²) in [5, 5.41) is 8.97. The van der Waals surface area contributed by atoms with Gasteiger partial charge in [-0.25, -0.2) is 14.6 Å². The molecule has 0 atom stereocenters. The van der Waals surface area contributed by atoms with Gasteiger partial charge in [-0.1, -0.05) is 6.07 Å². The molecular formula is C18H21N3O4. The van der Waals surface area contributed by atoms with Crippen LogP contribution in [0.25, 0.3) is 0 Å². The number of hydrogen-bond donors (Lipinski definition) is 1. The van der Waals surface area contributed by atoms with Crippen LogP contribution in [-0.2, 0) is 11.2 Å². The monoisotopic (exact) mass is 343 g/mol. The Hall–Kier alpha value is -2.96. The molecule has 2 rings (SSSR count). The lowest BCUT2D eigenvalue weighted by atomic mass is 10.2. The van der Waals surface area contributed by atoms with Crippen LogP contribution in [-0.4, -0.2) is 39.3 Å². The molecule has 7 heteroatoms. The highest BCUT2D eigenvalue weighted by Gasteiger charge is 2.24. The van der Waals surface area contributed by atoms with Crippen LogP contribution in [0.5, 0.6) is 0 Å². The molecule has 2 aromatic rings. The molecule has 0 spiro atoms. The first-order chi connectivity index (χ1) is 11.8. The Labute approximate surface area is 146 Å². The van der Waals surface area contributed by atoms with Crippen LogP contribution in [0.1, 0.15) is 36.8 Å². The Morgan fingerprint density at radius 2 is 1.92 bits per heavy atom. The molecule has 1 N–H and O–H groups in total. The lowest BCUT2D eigenvalue weighted by Gasteiger charge is -2.26. The first kappa shape index (κ1) is 18.4. The van der Waals surface area contributed by atoms with Gasteiger partial charge in [0.05, 0.1) is 5.56 Å². The van der Waals surface area contributed by atoms with Gasteiger partial charge in [-0.15, -0.1) is 0 Å². The van der Waals surface area contributed by atoms with Crippen molar-refractivity contribution in [2.45, 2.75) is 32.8 Å². The van der Waals surface area contributed by atoms with Gasteiger partial charge in [0.25, 0.3) is 0 Å². The van der Waals surface area contributed by atoms with E-state index in [1.165, 1.54) is 23.2 Å². The predicted octanol–water partition coefficient (Wildman–Crippen LogP) is 3.16. The van der Waals surface area contributed by atoms with Crippen LogP contribution >= 0.6 is 0 Å². The quantitative estimate of drug-likeness (QED) is 0.896. The fraction of sp³-hybridized carbons (Fsp3) is 0.333. The first-order valence-electron chi connectivity index (χ1n) is 7.86. The molecule has 0 fully saturated rings. The van der Waals surface area contributed by atoms with Gasteiger partial charge in [0.1, 0.15) is 11.4 Å². The van der Waals surface area contributed by atoms with E-state index in [0.717, 1.165) is 5.69 Å². The van der Waals surface area contributed by atoms with E-state index >= 15 is 0 Å². The zero-order chi connectivity index (χ0) is 18.4. The number of anilines is 1. The third-order valence-corrected chi connectivity index (χ3v) is 3.20. The number of carbonyl (C=O) groups excluding carboxylic acids is 1. The molecule has 2 aromatic heterocycles. The summed E-state index contributed by atoms with van der Waals surface area (Å²) in [5.41, 5.74) is 0.234. The summed E-state index contributed by atoms with van der Waals surface area (Å²) >= 11 is 0. The molecule has 7 nitrogen and oxygen atoms in total. The summed E-state index contributed by atoms with van der Waals surface area (Å²) in [7, 11) is 0. The van der Waals surface area contributed by atoms with Crippen molar-refractivity contribution in [2.75, 3.05) is 11.4 Å². The van der Waals surface area contributed by atoms with Crippen molar-refractivity contribution in [1.29, 1.82) is 0 Å². The number of aromatic nitrogens is 2. The number of ether oxygens (including phenoxy) is 1. The van der Waals surface area contributed by atoms with Crippen molar-refractivity contribution >= 4 is 17.9 Å². The summed E-state index contributed by atoms with van der Waals surface area (Å²) in [5.74, 6) is -0.744. The Morgan fingerprint density at radius 1 is 1.16 bits per heavy atom. The zero-order valence-electron chi connectivity index (χ0n) is 14.5. The highest BCUT2D eigenvalue weighted by atomic mass is 16.6. The van der Waals surface area contributed by atoms with Crippen molar-refractivity contribution in [3.8, 4) is 0 Å². The summed E-state index contributed by atoms with van der Waals surface area (Å²) in [6.07, 6.45) is 2.88. The first-order valence-corrected chi connectivity index (χ1v) is 7.86. The summed E-state index contributed by atoms with van der Waals surface area (Å²) in [6.45, 7) is 5.65. The predicted molar refractivity (Wildman–Crippen MR) is 92.7 cm³/mol. The number of aromatic carboxylic acids is 1. The maximum atomic E-state index is 12.5. The standard InChI is InChI=1S/C18H21N3O4/c1-18(2,3)25-17(24)21(11-9-14-6-4-5-10-19-14)15-8-7-13(12-20-15)16(22)23/h4-8,10,12H,9,11H2,1-3H3,(H,22,23). The van der Waals surface area contributed by atoms with E-state index in [-0.39, 0.29) is 5.56 Å². The fourth-order valence-corrected chi connectivity index (χ4v) is 2.06. The number of amides is 1. The largest absolute Gasteiger partial charge is 0.478 e. The van der Waals surface area contributed by atoms with Crippen molar-refractivity contribution in [3.63, 3.8) is 0 Å². The summed E-state index contributed by atoms with van der Waals surface area (Å²) in [4.78, 5) is 33.2. The van der Waals surface area contributed by atoms with Crippen LogP contribution in [0.15, 0.2) is 42.7 Å². The lowest BCUT2D eigenvalue weighted by molar-refractivity contribution is 0.0579. The minimum atomic E-state index is -1.07. The lowest BCUT2D eigenvalue weighted by Crippen LogP contribution is -2.38. The molecule has 0 saturated carbocycles. The second-order valence-corrected chi connectivity index (χ2v) is 6.41. The molecular weight excluding hydrogens is 322 g/mol. The van der Waals surface area contributed by atoms with E-state index in [2.05, 4.69) is 9.97 Å². The average Bonchev–Trinajstić information content (AvgIpc) is 2.55. The highest BCUT2D eigenvalue weighted by Crippen LogP contribution is 2.17. The average molecular weight is 343 g/mol. The minimum Gasteiger partial charge on any atom is -0.478 e. The molecule has 0 bridgehead atoms. The maximum absolute atomic E-state index is 12.5. The Balaban J connectivity index is 2.21. The van der Waals surface area contributed by atoms with Gasteiger partial charge in [-0.05, 0) is 45.0 Å². The van der Waals surface area contributed by atoms with E-state index in [9.17, 15) is 9.59 Å². The molecule has 0 saturated heterocycles. The molecule has 132 valence electrons. The van der Waals surface area contributed by atoms with Gasteiger partial charge in [-0.2, -0.15) is 0 Å². The molecule has 0 aromatic carbocycles. The van der Waals surface area contributed by atoms with Crippen LogP contribution in [0.4, 0.5) is 10.6 Å². The third kappa shape index (κ3) is 5.56. The van der Waals surface area contributed by atoms with E-state index in [4.69, 9.17) is 9.84 Å². The molecule has 1 amide bonds.